The molecule has 2 rings (SSSR count). The summed E-state index contributed by atoms with van der Waals surface area (Å²) in [5.41, 5.74) is 1.30. The number of hydrogen-bond acceptors (Lipinski definition) is 4. The van der Waals surface area contributed by atoms with Crippen molar-refractivity contribution >= 4 is 5.97 Å². The molecule has 1 aromatic carbocycles. The first-order chi connectivity index (χ1) is 9.69. The van der Waals surface area contributed by atoms with E-state index in [0.29, 0.717) is 18.1 Å². The normalized spacial score (nSPS) is 10.4. The molecule has 0 atom stereocenters. The topological polar surface area (TPSA) is 68.9 Å². The average Bonchev–Trinajstić information content (AvgIpc) is 2.93. The Bertz CT molecular complexity index is 556. The predicted octanol–water partition coefficient (Wildman–Crippen LogP) is 2.75. The smallest absolute Gasteiger partial charge is 0.338 e. The van der Waals surface area contributed by atoms with Crippen LogP contribution in [0.3, 0.4) is 0 Å². The highest BCUT2D eigenvalue weighted by molar-refractivity contribution is 5.87. The second kappa shape index (κ2) is 6.77. The number of rotatable bonds is 7. The second-order valence-corrected chi connectivity index (χ2v) is 4.28. The quantitative estimate of drug-likeness (QED) is 0.842. The van der Waals surface area contributed by atoms with Crippen molar-refractivity contribution in [3.8, 4) is 5.75 Å². The lowest BCUT2D eigenvalue weighted by Gasteiger charge is -2.05. The average molecular weight is 276 g/mol. The molecule has 0 aliphatic carbocycles. The van der Waals surface area contributed by atoms with E-state index in [0.717, 1.165) is 6.42 Å². The van der Waals surface area contributed by atoms with Crippen LogP contribution in [0.1, 0.15) is 21.7 Å². The van der Waals surface area contributed by atoms with Crippen LogP contribution < -0.4 is 4.74 Å². The fraction of sp³-hybridized carbons (Fsp3) is 0.267. The number of carboxylic acids is 1. The van der Waals surface area contributed by atoms with Gasteiger partial charge in [0.25, 0.3) is 0 Å². The first kappa shape index (κ1) is 14.1. The predicted molar refractivity (Wildman–Crippen MR) is 72.0 cm³/mol. The van der Waals surface area contributed by atoms with Gasteiger partial charge in [-0.2, -0.15) is 0 Å². The fourth-order valence-electron chi connectivity index (χ4n) is 1.70. The minimum Gasteiger partial charge on any atom is -0.486 e. The zero-order valence-electron chi connectivity index (χ0n) is 11.2. The van der Waals surface area contributed by atoms with Gasteiger partial charge in [-0.3, -0.25) is 0 Å². The maximum absolute atomic E-state index is 10.7. The van der Waals surface area contributed by atoms with E-state index in [2.05, 4.69) is 0 Å². The molecule has 0 aliphatic heterocycles. The Balaban J connectivity index is 1.88. The molecule has 1 heterocycles. The van der Waals surface area contributed by atoms with E-state index in [1.807, 2.05) is 24.3 Å². The van der Waals surface area contributed by atoms with Crippen LogP contribution in [0.25, 0.3) is 0 Å². The van der Waals surface area contributed by atoms with Crippen LogP contribution in [0.5, 0.6) is 5.75 Å². The molecule has 0 radical (unpaired) electrons. The summed E-state index contributed by atoms with van der Waals surface area (Å²) in [6.07, 6.45) is 2.06. The Morgan fingerprint density at radius 3 is 2.65 bits per heavy atom. The van der Waals surface area contributed by atoms with Crippen molar-refractivity contribution in [1.82, 2.24) is 0 Å². The molecule has 0 spiro atoms. The van der Waals surface area contributed by atoms with Gasteiger partial charge in [-0.05, 0) is 30.2 Å². The first-order valence-electron chi connectivity index (χ1n) is 6.20. The molecule has 20 heavy (non-hydrogen) atoms. The molecule has 0 fully saturated rings. The second-order valence-electron chi connectivity index (χ2n) is 4.28. The lowest BCUT2D eigenvalue weighted by atomic mass is 10.1. The highest BCUT2D eigenvalue weighted by Gasteiger charge is 2.08. The summed E-state index contributed by atoms with van der Waals surface area (Å²) in [4.78, 5) is 10.7. The molecule has 2 aromatic rings. The lowest BCUT2D eigenvalue weighted by molar-refractivity contribution is 0.0696. The zero-order valence-corrected chi connectivity index (χ0v) is 11.2. The van der Waals surface area contributed by atoms with Gasteiger partial charge in [0.05, 0.1) is 12.2 Å². The lowest BCUT2D eigenvalue weighted by Crippen LogP contribution is -1.96. The molecule has 1 aromatic heterocycles. The molecule has 0 saturated carbocycles. The fourth-order valence-corrected chi connectivity index (χ4v) is 1.70. The number of ether oxygens (including phenoxy) is 2. The van der Waals surface area contributed by atoms with Gasteiger partial charge in [-0.25, -0.2) is 4.79 Å². The Kier molecular flexibility index (Phi) is 4.79. The van der Waals surface area contributed by atoms with Crippen molar-refractivity contribution in [2.45, 2.75) is 13.0 Å². The van der Waals surface area contributed by atoms with Crippen molar-refractivity contribution in [1.29, 1.82) is 0 Å². The van der Waals surface area contributed by atoms with Crippen LogP contribution in [0.15, 0.2) is 41.0 Å². The van der Waals surface area contributed by atoms with E-state index in [1.54, 1.807) is 7.11 Å². The van der Waals surface area contributed by atoms with Crippen molar-refractivity contribution in [2.24, 2.45) is 0 Å². The summed E-state index contributed by atoms with van der Waals surface area (Å²) < 4.78 is 15.6. The SMILES string of the molecule is COCCc1ccc(OCc2cc(C(=O)O)co2)cc1. The van der Waals surface area contributed by atoms with E-state index in [-0.39, 0.29) is 12.2 Å². The molecule has 0 amide bonds. The van der Waals surface area contributed by atoms with Crippen LogP contribution in [0.2, 0.25) is 0 Å². The van der Waals surface area contributed by atoms with E-state index in [1.165, 1.54) is 17.9 Å². The summed E-state index contributed by atoms with van der Waals surface area (Å²) in [6.45, 7) is 0.884. The summed E-state index contributed by atoms with van der Waals surface area (Å²) in [6, 6.07) is 9.13. The van der Waals surface area contributed by atoms with Crippen LogP contribution in [-0.4, -0.2) is 24.8 Å². The van der Waals surface area contributed by atoms with E-state index in [9.17, 15) is 4.79 Å². The zero-order chi connectivity index (χ0) is 14.4. The summed E-state index contributed by atoms with van der Waals surface area (Å²) in [5, 5.41) is 8.77. The maximum atomic E-state index is 10.7. The number of hydrogen-bond donors (Lipinski definition) is 1. The Hall–Kier alpha value is -2.27. The number of carbonyl (C=O) groups is 1. The number of benzene rings is 1. The summed E-state index contributed by atoms with van der Waals surface area (Å²) >= 11 is 0. The monoisotopic (exact) mass is 276 g/mol. The van der Waals surface area contributed by atoms with E-state index < -0.39 is 5.97 Å². The Labute approximate surface area is 116 Å². The van der Waals surface area contributed by atoms with E-state index in [4.69, 9.17) is 19.0 Å². The van der Waals surface area contributed by atoms with Gasteiger partial charge < -0.3 is 19.0 Å². The molecule has 1 N–H and O–H groups in total. The highest BCUT2D eigenvalue weighted by atomic mass is 16.5. The summed E-state index contributed by atoms with van der Waals surface area (Å²) in [7, 11) is 1.67. The molecule has 0 aliphatic rings. The van der Waals surface area contributed by atoms with Crippen LogP contribution in [0.4, 0.5) is 0 Å². The van der Waals surface area contributed by atoms with Crippen molar-refractivity contribution in [3.05, 3.63) is 53.5 Å². The number of furan rings is 1. The van der Waals surface area contributed by atoms with E-state index >= 15 is 0 Å². The van der Waals surface area contributed by atoms with Gasteiger partial charge in [-0.1, -0.05) is 12.1 Å². The molecule has 5 nitrogen and oxygen atoms in total. The van der Waals surface area contributed by atoms with Gasteiger partial charge in [0.2, 0.25) is 0 Å². The minimum atomic E-state index is -1.01. The van der Waals surface area contributed by atoms with Crippen LogP contribution in [-0.2, 0) is 17.8 Å². The molecule has 106 valence electrons. The van der Waals surface area contributed by atoms with Gasteiger partial charge in [0, 0.05) is 7.11 Å². The van der Waals surface area contributed by atoms with Crippen molar-refractivity contribution in [3.63, 3.8) is 0 Å². The Morgan fingerprint density at radius 2 is 2.05 bits per heavy atom. The van der Waals surface area contributed by atoms with Gasteiger partial charge in [0.1, 0.15) is 24.4 Å². The maximum Gasteiger partial charge on any atom is 0.338 e. The van der Waals surface area contributed by atoms with Gasteiger partial charge in [-0.15, -0.1) is 0 Å². The largest absolute Gasteiger partial charge is 0.486 e. The minimum absolute atomic E-state index is 0.124. The van der Waals surface area contributed by atoms with Crippen LogP contribution in [0, 0.1) is 0 Å². The molecule has 5 heteroatoms. The molecule has 0 unspecified atom stereocenters. The summed E-state index contributed by atoms with van der Waals surface area (Å²) in [5.74, 6) is 0.174. The number of methoxy groups -OCH3 is 1. The molecule has 0 bridgehead atoms. The molecular weight excluding hydrogens is 260 g/mol. The van der Waals surface area contributed by atoms with Gasteiger partial charge >= 0.3 is 5.97 Å². The standard InChI is InChI=1S/C15H16O5/c1-18-7-6-11-2-4-13(5-3-11)20-10-14-8-12(9-19-14)15(16)17/h2-5,8-9H,6-7,10H2,1H3,(H,16,17). The van der Waals surface area contributed by atoms with Crippen LogP contribution >= 0.6 is 0 Å². The third kappa shape index (κ3) is 3.86. The number of aromatic carboxylic acids is 1. The Morgan fingerprint density at radius 1 is 1.30 bits per heavy atom. The first-order valence-corrected chi connectivity index (χ1v) is 6.20. The third-order valence-corrected chi connectivity index (χ3v) is 2.80. The van der Waals surface area contributed by atoms with Crippen molar-refractivity contribution < 1.29 is 23.8 Å². The van der Waals surface area contributed by atoms with Gasteiger partial charge in [0.15, 0.2) is 0 Å². The number of carboxylic acid groups (broad SMARTS) is 1. The van der Waals surface area contributed by atoms with Crippen molar-refractivity contribution in [2.75, 3.05) is 13.7 Å². The third-order valence-electron chi connectivity index (χ3n) is 2.80. The molecular formula is C15H16O5. The molecule has 0 saturated heterocycles. The highest BCUT2D eigenvalue weighted by Crippen LogP contribution is 2.16.